The molecule has 5 nitrogen and oxygen atoms in total. The van der Waals surface area contributed by atoms with Gasteiger partial charge in [0.2, 0.25) is 0 Å². The van der Waals surface area contributed by atoms with Crippen LogP contribution in [0.3, 0.4) is 0 Å². The Morgan fingerprint density at radius 2 is 1.95 bits per heavy atom. The van der Waals surface area contributed by atoms with Crippen LogP contribution in [0.4, 0.5) is 0 Å². The maximum atomic E-state index is 9.78. The molecule has 3 aromatic rings. The van der Waals surface area contributed by atoms with Gasteiger partial charge in [-0.25, -0.2) is 0 Å². The standard InChI is InChI=1S/C16H14N2O3/c1-20-14-8-7-12(10-13(14)19)16-17-15(18-21-16)9-11-5-3-2-4-6-11/h2-8,10,19H,9H2,1H3. The first-order valence-electron chi connectivity index (χ1n) is 6.50. The summed E-state index contributed by atoms with van der Waals surface area (Å²) in [6.07, 6.45) is 0.604. The molecule has 0 radical (unpaired) electrons. The first-order chi connectivity index (χ1) is 10.3. The van der Waals surface area contributed by atoms with E-state index in [0.717, 1.165) is 5.56 Å². The number of phenols is 1. The minimum Gasteiger partial charge on any atom is -0.504 e. The van der Waals surface area contributed by atoms with E-state index in [1.807, 2.05) is 30.3 Å². The molecule has 0 spiro atoms. The van der Waals surface area contributed by atoms with Crippen LogP contribution in [-0.2, 0) is 6.42 Å². The van der Waals surface area contributed by atoms with Gasteiger partial charge in [0.05, 0.1) is 7.11 Å². The second-order valence-electron chi connectivity index (χ2n) is 4.56. The van der Waals surface area contributed by atoms with Crippen LogP contribution in [0.1, 0.15) is 11.4 Å². The summed E-state index contributed by atoms with van der Waals surface area (Å²) in [6.45, 7) is 0. The zero-order chi connectivity index (χ0) is 14.7. The largest absolute Gasteiger partial charge is 0.504 e. The Morgan fingerprint density at radius 3 is 2.67 bits per heavy atom. The Labute approximate surface area is 121 Å². The number of aromatic hydroxyl groups is 1. The molecule has 1 heterocycles. The topological polar surface area (TPSA) is 68.4 Å². The van der Waals surface area contributed by atoms with E-state index in [-0.39, 0.29) is 5.75 Å². The summed E-state index contributed by atoms with van der Waals surface area (Å²) in [5.74, 6) is 1.42. The summed E-state index contributed by atoms with van der Waals surface area (Å²) in [5.41, 5.74) is 1.77. The first-order valence-corrected chi connectivity index (χ1v) is 6.50. The van der Waals surface area contributed by atoms with Gasteiger partial charge in [-0.2, -0.15) is 4.98 Å². The van der Waals surface area contributed by atoms with Gasteiger partial charge in [-0.1, -0.05) is 35.5 Å². The van der Waals surface area contributed by atoms with E-state index in [1.165, 1.54) is 7.11 Å². The van der Waals surface area contributed by atoms with Crippen molar-refractivity contribution < 1.29 is 14.4 Å². The fraction of sp³-hybridized carbons (Fsp3) is 0.125. The second kappa shape index (κ2) is 5.66. The number of hydrogen-bond acceptors (Lipinski definition) is 5. The number of phenolic OH excluding ortho intramolecular Hbond substituents is 1. The fourth-order valence-corrected chi connectivity index (χ4v) is 2.04. The zero-order valence-electron chi connectivity index (χ0n) is 11.5. The summed E-state index contributed by atoms with van der Waals surface area (Å²) >= 11 is 0. The van der Waals surface area contributed by atoms with Crippen molar-refractivity contribution in [2.45, 2.75) is 6.42 Å². The van der Waals surface area contributed by atoms with Crippen LogP contribution in [0, 0.1) is 0 Å². The molecule has 0 bridgehead atoms. The van der Waals surface area contributed by atoms with E-state index in [4.69, 9.17) is 9.26 Å². The predicted molar refractivity (Wildman–Crippen MR) is 77.2 cm³/mol. The number of aromatic nitrogens is 2. The smallest absolute Gasteiger partial charge is 0.258 e. The molecule has 2 aromatic carbocycles. The maximum Gasteiger partial charge on any atom is 0.258 e. The number of ether oxygens (including phenoxy) is 1. The van der Waals surface area contributed by atoms with E-state index >= 15 is 0 Å². The Morgan fingerprint density at radius 1 is 1.14 bits per heavy atom. The average molecular weight is 282 g/mol. The van der Waals surface area contributed by atoms with Gasteiger partial charge >= 0.3 is 0 Å². The third-order valence-electron chi connectivity index (χ3n) is 3.10. The van der Waals surface area contributed by atoms with Gasteiger partial charge in [0.15, 0.2) is 17.3 Å². The summed E-state index contributed by atoms with van der Waals surface area (Å²) in [6, 6.07) is 14.9. The lowest BCUT2D eigenvalue weighted by Crippen LogP contribution is -1.90. The Bertz CT molecular complexity index is 738. The van der Waals surface area contributed by atoms with E-state index in [9.17, 15) is 5.11 Å². The van der Waals surface area contributed by atoms with E-state index in [2.05, 4.69) is 10.1 Å². The maximum absolute atomic E-state index is 9.78. The highest BCUT2D eigenvalue weighted by atomic mass is 16.5. The van der Waals surface area contributed by atoms with Crippen LogP contribution in [-0.4, -0.2) is 22.4 Å². The molecule has 3 rings (SSSR count). The third kappa shape index (κ3) is 2.86. The van der Waals surface area contributed by atoms with Gasteiger partial charge in [0, 0.05) is 12.0 Å². The highest BCUT2D eigenvalue weighted by Crippen LogP contribution is 2.30. The first kappa shape index (κ1) is 13.2. The molecular weight excluding hydrogens is 268 g/mol. The molecule has 0 saturated heterocycles. The number of rotatable bonds is 4. The number of methoxy groups -OCH3 is 1. The average Bonchev–Trinajstić information content (AvgIpc) is 2.97. The van der Waals surface area contributed by atoms with Gasteiger partial charge in [0.25, 0.3) is 5.89 Å². The van der Waals surface area contributed by atoms with Crippen LogP contribution < -0.4 is 4.74 Å². The van der Waals surface area contributed by atoms with Crippen LogP contribution in [0.5, 0.6) is 11.5 Å². The van der Waals surface area contributed by atoms with E-state index < -0.39 is 0 Å². The number of nitrogens with zero attached hydrogens (tertiary/aromatic N) is 2. The minimum atomic E-state index is 0.0396. The van der Waals surface area contributed by atoms with Crippen molar-refractivity contribution in [3.05, 3.63) is 59.9 Å². The summed E-state index contributed by atoms with van der Waals surface area (Å²) in [5, 5.41) is 13.7. The van der Waals surface area contributed by atoms with Crippen molar-refractivity contribution in [3.63, 3.8) is 0 Å². The Balaban J connectivity index is 1.83. The van der Waals surface area contributed by atoms with Crippen LogP contribution >= 0.6 is 0 Å². The summed E-state index contributed by atoms with van der Waals surface area (Å²) < 4.78 is 10.2. The normalized spacial score (nSPS) is 10.5. The van der Waals surface area contributed by atoms with Crippen LogP contribution in [0.15, 0.2) is 53.1 Å². The predicted octanol–water partition coefficient (Wildman–Crippen LogP) is 3.04. The van der Waals surface area contributed by atoms with Crippen molar-refractivity contribution >= 4 is 0 Å². The Kier molecular flexibility index (Phi) is 3.55. The van der Waals surface area contributed by atoms with E-state index in [1.54, 1.807) is 18.2 Å². The van der Waals surface area contributed by atoms with E-state index in [0.29, 0.717) is 29.4 Å². The number of benzene rings is 2. The lowest BCUT2D eigenvalue weighted by atomic mass is 10.1. The molecule has 0 amide bonds. The highest BCUT2D eigenvalue weighted by Gasteiger charge is 2.11. The molecule has 5 heteroatoms. The Hall–Kier alpha value is -2.82. The summed E-state index contributed by atoms with van der Waals surface area (Å²) in [7, 11) is 1.50. The van der Waals surface area contributed by atoms with Crippen LogP contribution in [0.2, 0.25) is 0 Å². The van der Waals surface area contributed by atoms with Gasteiger partial charge in [-0.15, -0.1) is 0 Å². The molecule has 0 aliphatic rings. The van der Waals surface area contributed by atoms with Crippen molar-refractivity contribution in [1.29, 1.82) is 0 Å². The van der Waals surface area contributed by atoms with Crippen molar-refractivity contribution in [1.82, 2.24) is 10.1 Å². The molecule has 1 N–H and O–H groups in total. The summed E-state index contributed by atoms with van der Waals surface area (Å²) in [4.78, 5) is 4.34. The zero-order valence-corrected chi connectivity index (χ0v) is 11.5. The molecule has 0 saturated carbocycles. The molecule has 21 heavy (non-hydrogen) atoms. The fourth-order valence-electron chi connectivity index (χ4n) is 2.04. The quantitative estimate of drug-likeness (QED) is 0.796. The molecular formula is C16H14N2O3. The molecule has 0 unspecified atom stereocenters. The monoisotopic (exact) mass is 282 g/mol. The van der Waals surface area contributed by atoms with Crippen molar-refractivity contribution in [2.75, 3.05) is 7.11 Å². The molecule has 0 fully saturated rings. The molecule has 106 valence electrons. The van der Waals surface area contributed by atoms with Gasteiger partial charge in [-0.3, -0.25) is 0 Å². The molecule has 0 atom stereocenters. The van der Waals surface area contributed by atoms with Gasteiger partial charge in [0.1, 0.15) is 0 Å². The second-order valence-corrected chi connectivity index (χ2v) is 4.56. The minimum absolute atomic E-state index is 0.0396. The van der Waals surface area contributed by atoms with Crippen LogP contribution in [0.25, 0.3) is 11.5 Å². The lowest BCUT2D eigenvalue weighted by Gasteiger charge is -2.03. The lowest BCUT2D eigenvalue weighted by molar-refractivity contribution is 0.373. The molecule has 0 aliphatic carbocycles. The van der Waals surface area contributed by atoms with Crippen molar-refractivity contribution in [2.24, 2.45) is 0 Å². The highest BCUT2D eigenvalue weighted by molar-refractivity contribution is 5.59. The van der Waals surface area contributed by atoms with Crippen molar-refractivity contribution in [3.8, 4) is 23.0 Å². The van der Waals surface area contributed by atoms with Gasteiger partial charge in [-0.05, 0) is 23.8 Å². The molecule has 0 aliphatic heterocycles. The third-order valence-corrected chi connectivity index (χ3v) is 3.10. The SMILES string of the molecule is COc1ccc(-c2nc(Cc3ccccc3)no2)cc1O. The molecule has 1 aromatic heterocycles. The number of hydrogen-bond donors (Lipinski definition) is 1. The van der Waals surface area contributed by atoms with Gasteiger partial charge < -0.3 is 14.4 Å².